The maximum Gasteiger partial charge on any atom is 0.231 e. The monoisotopic (exact) mass is 172 g/mol. The van der Waals surface area contributed by atoms with Crippen molar-refractivity contribution in [2.24, 2.45) is 5.73 Å². The van der Waals surface area contributed by atoms with Gasteiger partial charge in [-0.3, -0.25) is 4.79 Å². The van der Waals surface area contributed by atoms with Gasteiger partial charge in [-0.1, -0.05) is 12.8 Å². The van der Waals surface area contributed by atoms with Crippen molar-refractivity contribution >= 4 is 5.91 Å². The molecule has 4 N–H and O–H groups in total. The smallest absolute Gasteiger partial charge is 0.231 e. The van der Waals surface area contributed by atoms with Gasteiger partial charge >= 0.3 is 0 Å². The highest BCUT2D eigenvalue weighted by molar-refractivity contribution is 5.75. The number of nitrogens with one attached hydrogen (secondary N) is 1. The normalized spacial score (nSPS) is 30.1. The lowest BCUT2D eigenvalue weighted by molar-refractivity contribution is -0.117. The van der Waals surface area contributed by atoms with Crippen molar-refractivity contribution in [3.63, 3.8) is 0 Å². The lowest BCUT2D eigenvalue weighted by atomic mass is 9.93. The summed E-state index contributed by atoms with van der Waals surface area (Å²) in [6, 6.07) is 0.0613. The first kappa shape index (κ1) is 9.48. The first-order valence-electron chi connectivity index (χ1n) is 4.40. The van der Waals surface area contributed by atoms with E-state index in [1.54, 1.807) is 0 Å². The standard InChI is InChI=1S/C8H16N2O2/c9-8(12)5-10-6-3-1-2-4-7(6)11/h6-7,10-11H,1-5H2,(H2,9,12)/t6-,7-/m0/s1. The Hall–Kier alpha value is -0.610. The van der Waals surface area contributed by atoms with E-state index in [1.165, 1.54) is 0 Å². The molecule has 1 saturated carbocycles. The van der Waals surface area contributed by atoms with Crippen LogP contribution in [0.1, 0.15) is 25.7 Å². The fourth-order valence-electron chi connectivity index (χ4n) is 1.58. The van der Waals surface area contributed by atoms with Gasteiger partial charge in [0.05, 0.1) is 12.6 Å². The summed E-state index contributed by atoms with van der Waals surface area (Å²) in [6.07, 6.45) is 3.66. The molecule has 0 aliphatic heterocycles. The third kappa shape index (κ3) is 2.79. The lowest BCUT2D eigenvalue weighted by Gasteiger charge is -2.27. The van der Waals surface area contributed by atoms with Crippen molar-refractivity contribution in [3.8, 4) is 0 Å². The highest BCUT2D eigenvalue weighted by Gasteiger charge is 2.22. The minimum absolute atomic E-state index is 0.0613. The molecule has 4 heteroatoms. The summed E-state index contributed by atoms with van der Waals surface area (Å²) in [6.45, 7) is 0.168. The van der Waals surface area contributed by atoms with Crippen LogP contribution in [0.4, 0.5) is 0 Å². The molecule has 1 aliphatic carbocycles. The van der Waals surface area contributed by atoms with Crippen molar-refractivity contribution in [1.29, 1.82) is 0 Å². The summed E-state index contributed by atoms with van der Waals surface area (Å²) in [5, 5.41) is 12.4. The molecule has 0 aromatic rings. The first-order valence-corrected chi connectivity index (χ1v) is 4.40. The predicted octanol–water partition coefficient (Wildman–Crippen LogP) is -0.635. The number of aliphatic hydroxyl groups is 1. The van der Waals surface area contributed by atoms with Crippen LogP contribution in [0, 0.1) is 0 Å². The zero-order valence-corrected chi connectivity index (χ0v) is 7.12. The van der Waals surface area contributed by atoms with Gasteiger partial charge in [0, 0.05) is 6.04 Å². The van der Waals surface area contributed by atoms with E-state index in [0.717, 1.165) is 25.7 Å². The molecule has 0 aromatic carbocycles. The second kappa shape index (κ2) is 4.42. The van der Waals surface area contributed by atoms with Gasteiger partial charge in [0.1, 0.15) is 0 Å². The maximum absolute atomic E-state index is 10.4. The Morgan fingerprint density at radius 2 is 2.17 bits per heavy atom. The molecule has 1 amide bonds. The number of amides is 1. The SMILES string of the molecule is NC(=O)CN[C@H]1CCCC[C@@H]1O. The minimum atomic E-state index is -0.368. The molecular formula is C8H16N2O2. The molecule has 2 atom stereocenters. The number of nitrogens with two attached hydrogens (primary N) is 1. The van der Waals surface area contributed by atoms with Crippen LogP contribution < -0.4 is 11.1 Å². The van der Waals surface area contributed by atoms with Gasteiger partial charge in [-0.05, 0) is 12.8 Å². The molecule has 12 heavy (non-hydrogen) atoms. The predicted molar refractivity (Wildman–Crippen MR) is 45.5 cm³/mol. The summed E-state index contributed by atoms with van der Waals surface area (Å²) in [5.41, 5.74) is 4.97. The maximum atomic E-state index is 10.4. The first-order chi connectivity index (χ1) is 5.70. The molecule has 1 rings (SSSR count). The van der Waals surface area contributed by atoms with Crippen LogP contribution >= 0.6 is 0 Å². The van der Waals surface area contributed by atoms with E-state index in [-0.39, 0.29) is 24.6 Å². The van der Waals surface area contributed by atoms with E-state index in [1.807, 2.05) is 0 Å². The van der Waals surface area contributed by atoms with E-state index in [0.29, 0.717) is 0 Å². The van der Waals surface area contributed by atoms with Crippen LogP contribution in [-0.4, -0.2) is 29.7 Å². The van der Waals surface area contributed by atoms with Gasteiger partial charge in [0.25, 0.3) is 0 Å². The van der Waals surface area contributed by atoms with Gasteiger partial charge in [-0.15, -0.1) is 0 Å². The van der Waals surface area contributed by atoms with Crippen LogP contribution in [0.5, 0.6) is 0 Å². The second-order valence-corrected chi connectivity index (χ2v) is 3.31. The minimum Gasteiger partial charge on any atom is -0.392 e. The number of carbonyl (C=O) groups excluding carboxylic acids is 1. The average molecular weight is 172 g/mol. The zero-order chi connectivity index (χ0) is 8.97. The van der Waals surface area contributed by atoms with E-state index in [4.69, 9.17) is 5.73 Å². The number of rotatable bonds is 3. The third-order valence-corrected chi connectivity index (χ3v) is 2.27. The van der Waals surface area contributed by atoms with Gasteiger partial charge < -0.3 is 16.2 Å². The fraction of sp³-hybridized carbons (Fsp3) is 0.875. The molecule has 1 aliphatic rings. The van der Waals surface area contributed by atoms with E-state index in [2.05, 4.69) is 5.32 Å². The Morgan fingerprint density at radius 3 is 2.75 bits per heavy atom. The summed E-state index contributed by atoms with van der Waals surface area (Å²) in [5.74, 6) is -0.368. The van der Waals surface area contributed by atoms with Gasteiger partial charge in [0.15, 0.2) is 0 Å². The van der Waals surface area contributed by atoms with Crippen LogP contribution in [0.25, 0.3) is 0 Å². The lowest BCUT2D eigenvalue weighted by Crippen LogP contribution is -2.45. The van der Waals surface area contributed by atoms with Crippen molar-refractivity contribution < 1.29 is 9.90 Å². The molecule has 0 radical (unpaired) electrons. The summed E-state index contributed by atoms with van der Waals surface area (Å²) in [7, 11) is 0. The van der Waals surface area contributed by atoms with Crippen LogP contribution in [0.3, 0.4) is 0 Å². The molecule has 0 heterocycles. The molecule has 0 bridgehead atoms. The van der Waals surface area contributed by atoms with Crippen molar-refractivity contribution in [3.05, 3.63) is 0 Å². The molecule has 0 saturated heterocycles. The average Bonchev–Trinajstić information content (AvgIpc) is 2.03. The second-order valence-electron chi connectivity index (χ2n) is 3.31. The van der Waals surface area contributed by atoms with Crippen molar-refractivity contribution in [2.45, 2.75) is 37.8 Å². The number of primary amides is 1. The quantitative estimate of drug-likeness (QED) is 0.530. The van der Waals surface area contributed by atoms with Crippen molar-refractivity contribution in [1.82, 2.24) is 5.32 Å². The van der Waals surface area contributed by atoms with Gasteiger partial charge in [-0.25, -0.2) is 0 Å². The Labute approximate surface area is 72.1 Å². The molecule has 0 aromatic heterocycles. The number of carbonyl (C=O) groups is 1. The Balaban J connectivity index is 2.24. The Kier molecular flexibility index (Phi) is 3.49. The van der Waals surface area contributed by atoms with Gasteiger partial charge in [-0.2, -0.15) is 0 Å². The fourth-order valence-corrected chi connectivity index (χ4v) is 1.58. The van der Waals surface area contributed by atoms with E-state index < -0.39 is 0 Å². The number of hydrogen-bond donors (Lipinski definition) is 3. The molecule has 70 valence electrons. The van der Waals surface area contributed by atoms with Crippen LogP contribution in [0.2, 0.25) is 0 Å². The van der Waals surface area contributed by atoms with Crippen LogP contribution in [-0.2, 0) is 4.79 Å². The topological polar surface area (TPSA) is 75.4 Å². The zero-order valence-electron chi connectivity index (χ0n) is 7.12. The number of hydrogen-bond acceptors (Lipinski definition) is 3. The summed E-state index contributed by atoms with van der Waals surface area (Å²) in [4.78, 5) is 10.4. The summed E-state index contributed by atoms with van der Waals surface area (Å²) < 4.78 is 0. The molecule has 1 fully saturated rings. The number of aliphatic hydroxyl groups excluding tert-OH is 1. The highest BCUT2D eigenvalue weighted by atomic mass is 16.3. The molecule has 0 spiro atoms. The van der Waals surface area contributed by atoms with Crippen molar-refractivity contribution in [2.75, 3.05) is 6.54 Å². The third-order valence-electron chi connectivity index (χ3n) is 2.27. The Morgan fingerprint density at radius 1 is 1.50 bits per heavy atom. The molecular weight excluding hydrogens is 156 g/mol. The summed E-state index contributed by atoms with van der Waals surface area (Å²) >= 11 is 0. The van der Waals surface area contributed by atoms with Gasteiger partial charge in [0.2, 0.25) is 5.91 Å². The molecule has 4 nitrogen and oxygen atoms in total. The largest absolute Gasteiger partial charge is 0.392 e. The molecule has 0 unspecified atom stereocenters. The van der Waals surface area contributed by atoms with E-state index >= 15 is 0 Å². The highest BCUT2D eigenvalue weighted by Crippen LogP contribution is 2.17. The Bertz CT molecular complexity index is 161. The van der Waals surface area contributed by atoms with E-state index in [9.17, 15) is 9.90 Å². The van der Waals surface area contributed by atoms with Crippen LogP contribution in [0.15, 0.2) is 0 Å².